The molecule has 0 saturated heterocycles. The van der Waals surface area contributed by atoms with Gasteiger partial charge in [0.2, 0.25) is 0 Å². The van der Waals surface area contributed by atoms with Gasteiger partial charge in [-0.25, -0.2) is 0 Å². The van der Waals surface area contributed by atoms with Crippen molar-refractivity contribution in [3.63, 3.8) is 0 Å². The standard InChI is InChI=1S/C8H16S4/c1-5-11-7(9-3)8(10-4)12-6-2/h5-6H2,1-4H3. The Morgan fingerprint density at radius 3 is 1.33 bits per heavy atom. The molecule has 0 unspecified atom stereocenters. The molecule has 0 saturated carbocycles. The topological polar surface area (TPSA) is 0 Å². The molecule has 0 aromatic rings. The molecule has 0 atom stereocenters. The van der Waals surface area contributed by atoms with Gasteiger partial charge < -0.3 is 0 Å². The van der Waals surface area contributed by atoms with Crippen LogP contribution in [0.5, 0.6) is 0 Å². The molecule has 0 radical (unpaired) electrons. The summed E-state index contributed by atoms with van der Waals surface area (Å²) >= 11 is 7.64. The van der Waals surface area contributed by atoms with Gasteiger partial charge in [-0.15, -0.1) is 47.0 Å². The molecule has 0 heterocycles. The first-order valence-corrected chi connectivity index (χ1v) is 8.30. The van der Waals surface area contributed by atoms with Crippen LogP contribution in [0.2, 0.25) is 0 Å². The molecular weight excluding hydrogens is 224 g/mol. The molecule has 12 heavy (non-hydrogen) atoms. The number of rotatable bonds is 6. The molecule has 0 aliphatic rings. The van der Waals surface area contributed by atoms with E-state index in [9.17, 15) is 0 Å². The van der Waals surface area contributed by atoms with Crippen molar-refractivity contribution < 1.29 is 0 Å². The Morgan fingerprint density at radius 1 is 0.833 bits per heavy atom. The van der Waals surface area contributed by atoms with E-state index in [1.165, 1.54) is 20.0 Å². The molecule has 0 fully saturated rings. The number of hydrogen-bond donors (Lipinski definition) is 0. The third-order valence-corrected chi connectivity index (χ3v) is 5.97. The van der Waals surface area contributed by atoms with Crippen LogP contribution in [-0.4, -0.2) is 24.0 Å². The van der Waals surface area contributed by atoms with E-state index in [2.05, 4.69) is 26.4 Å². The van der Waals surface area contributed by atoms with Crippen molar-refractivity contribution in [2.45, 2.75) is 13.8 Å². The highest BCUT2D eigenvalue weighted by Crippen LogP contribution is 2.39. The van der Waals surface area contributed by atoms with E-state index in [0.717, 1.165) is 0 Å². The van der Waals surface area contributed by atoms with Crippen molar-refractivity contribution in [3.8, 4) is 0 Å². The van der Waals surface area contributed by atoms with Gasteiger partial charge in [0.05, 0.1) is 8.47 Å². The zero-order valence-electron chi connectivity index (χ0n) is 8.05. The monoisotopic (exact) mass is 240 g/mol. The maximum atomic E-state index is 2.20. The molecule has 0 N–H and O–H groups in total. The molecule has 0 nitrogen and oxygen atoms in total. The molecule has 0 aromatic carbocycles. The Kier molecular flexibility index (Phi) is 9.55. The van der Waals surface area contributed by atoms with Gasteiger partial charge in [0, 0.05) is 0 Å². The van der Waals surface area contributed by atoms with Crippen LogP contribution in [0, 0.1) is 0 Å². The molecule has 0 rings (SSSR count). The summed E-state index contributed by atoms with van der Waals surface area (Å²) in [5.41, 5.74) is 0. The van der Waals surface area contributed by atoms with Gasteiger partial charge in [0.15, 0.2) is 0 Å². The minimum absolute atomic E-state index is 1.17. The summed E-state index contributed by atoms with van der Waals surface area (Å²) in [6.07, 6.45) is 4.31. The van der Waals surface area contributed by atoms with E-state index in [1.54, 1.807) is 0 Å². The average Bonchev–Trinajstić information content (AvgIpc) is 2.11. The zero-order valence-corrected chi connectivity index (χ0v) is 11.3. The van der Waals surface area contributed by atoms with Gasteiger partial charge in [-0.05, 0) is 24.0 Å². The van der Waals surface area contributed by atoms with Gasteiger partial charge in [-0.2, -0.15) is 0 Å². The van der Waals surface area contributed by atoms with Gasteiger partial charge in [-0.3, -0.25) is 0 Å². The Morgan fingerprint density at radius 2 is 1.17 bits per heavy atom. The average molecular weight is 240 g/mol. The van der Waals surface area contributed by atoms with E-state index >= 15 is 0 Å². The first-order chi connectivity index (χ1) is 5.79. The lowest BCUT2D eigenvalue weighted by Gasteiger charge is -2.08. The van der Waals surface area contributed by atoms with Crippen molar-refractivity contribution in [1.82, 2.24) is 0 Å². The van der Waals surface area contributed by atoms with Crippen LogP contribution >= 0.6 is 47.0 Å². The highest BCUT2D eigenvalue weighted by Gasteiger charge is 2.04. The number of hydrogen-bond acceptors (Lipinski definition) is 4. The van der Waals surface area contributed by atoms with Crippen molar-refractivity contribution in [2.75, 3.05) is 24.0 Å². The van der Waals surface area contributed by atoms with Gasteiger partial charge in [0.1, 0.15) is 0 Å². The summed E-state index contributed by atoms with van der Waals surface area (Å²) in [6.45, 7) is 4.41. The smallest absolute Gasteiger partial charge is 0.0599 e. The molecule has 0 aliphatic carbocycles. The summed E-state index contributed by atoms with van der Waals surface area (Å²) in [5, 5.41) is 0. The third kappa shape index (κ3) is 5.00. The van der Waals surface area contributed by atoms with E-state index < -0.39 is 0 Å². The van der Waals surface area contributed by atoms with Crippen molar-refractivity contribution in [1.29, 1.82) is 0 Å². The molecule has 72 valence electrons. The minimum atomic E-state index is 1.17. The predicted molar refractivity (Wildman–Crippen MR) is 70.3 cm³/mol. The van der Waals surface area contributed by atoms with Crippen LogP contribution in [-0.2, 0) is 0 Å². The summed E-state index contributed by atoms with van der Waals surface area (Å²) in [4.78, 5) is 0. The van der Waals surface area contributed by atoms with E-state index in [4.69, 9.17) is 0 Å². The fourth-order valence-corrected chi connectivity index (χ4v) is 5.11. The predicted octanol–water partition coefficient (Wildman–Crippen LogP) is 4.35. The van der Waals surface area contributed by atoms with Crippen molar-refractivity contribution >= 4 is 47.0 Å². The Balaban J connectivity index is 4.26. The van der Waals surface area contributed by atoms with Gasteiger partial charge in [-0.1, -0.05) is 13.8 Å². The van der Waals surface area contributed by atoms with Crippen LogP contribution in [0.1, 0.15) is 13.8 Å². The maximum Gasteiger partial charge on any atom is 0.0599 e. The van der Waals surface area contributed by atoms with Crippen LogP contribution in [0.3, 0.4) is 0 Å². The largest absolute Gasteiger partial charge is 0.121 e. The third-order valence-electron chi connectivity index (χ3n) is 1.09. The highest BCUT2D eigenvalue weighted by molar-refractivity contribution is 8.27. The second-order valence-electron chi connectivity index (χ2n) is 1.85. The molecular formula is C8H16S4. The normalized spacial score (nSPS) is 13.0. The lowest BCUT2D eigenvalue weighted by Crippen LogP contribution is -1.78. The zero-order chi connectivity index (χ0) is 9.40. The fraction of sp³-hybridized carbons (Fsp3) is 0.750. The molecule has 0 aliphatic heterocycles. The van der Waals surface area contributed by atoms with Crippen molar-refractivity contribution in [3.05, 3.63) is 8.47 Å². The van der Waals surface area contributed by atoms with Gasteiger partial charge >= 0.3 is 0 Å². The molecule has 0 amide bonds. The van der Waals surface area contributed by atoms with Crippen molar-refractivity contribution in [2.24, 2.45) is 0 Å². The van der Waals surface area contributed by atoms with Gasteiger partial charge in [0.25, 0.3) is 0 Å². The minimum Gasteiger partial charge on any atom is -0.121 e. The van der Waals surface area contributed by atoms with Crippen LogP contribution < -0.4 is 0 Å². The Bertz CT molecular complexity index is 126. The summed E-state index contributed by atoms with van der Waals surface area (Å²) in [5.74, 6) is 2.34. The summed E-state index contributed by atoms with van der Waals surface area (Å²) in [6, 6.07) is 0. The molecule has 4 heteroatoms. The first kappa shape index (κ1) is 13.1. The fourth-order valence-electron chi connectivity index (χ4n) is 0.665. The lowest BCUT2D eigenvalue weighted by atomic mass is 11.0. The summed E-state index contributed by atoms with van der Waals surface area (Å²) < 4.78 is 2.97. The molecule has 0 aromatic heterocycles. The summed E-state index contributed by atoms with van der Waals surface area (Å²) in [7, 11) is 0. The Hall–Kier alpha value is 1.14. The first-order valence-electron chi connectivity index (χ1n) is 3.87. The lowest BCUT2D eigenvalue weighted by molar-refractivity contribution is 1.53. The molecule has 0 bridgehead atoms. The van der Waals surface area contributed by atoms with Crippen LogP contribution in [0.4, 0.5) is 0 Å². The van der Waals surface area contributed by atoms with E-state index in [0.29, 0.717) is 0 Å². The Labute approximate surface area is 93.1 Å². The van der Waals surface area contributed by atoms with Crippen LogP contribution in [0.25, 0.3) is 0 Å². The van der Waals surface area contributed by atoms with Crippen LogP contribution in [0.15, 0.2) is 8.47 Å². The quantitative estimate of drug-likeness (QED) is 0.677. The highest BCUT2D eigenvalue weighted by atomic mass is 32.2. The second-order valence-corrected chi connectivity index (χ2v) is 6.55. The SMILES string of the molecule is CCSC(SC)=C(SC)SCC. The van der Waals surface area contributed by atoms with E-state index in [1.807, 2.05) is 47.0 Å². The maximum absolute atomic E-state index is 2.20. The van der Waals surface area contributed by atoms with E-state index in [-0.39, 0.29) is 0 Å². The second kappa shape index (κ2) is 8.73. The number of thioether (sulfide) groups is 4. The molecule has 0 spiro atoms.